The van der Waals surface area contributed by atoms with Gasteiger partial charge in [0.05, 0.1) is 16.8 Å². The smallest absolute Gasteiger partial charge is 0.0641 e. The van der Waals surface area contributed by atoms with Crippen molar-refractivity contribution < 1.29 is 4.74 Å². The van der Waals surface area contributed by atoms with Gasteiger partial charge in [-0.1, -0.05) is 36.5 Å². The van der Waals surface area contributed by atoms with Gasteiger partial charge >= 0.3 is 0 Å². The van der Waals surface area contributed by atoms with Gasteiger partial charge in [-0.15, -0.1) is 0 Å². The summed E-state index contributed by atoms with van der Waals surface area (Å²) in [6.45, 7) is 4.97. The summed E-state index contributed by atoms with van der Waals surface area (Å²) in [5.41, 5.74) is 1.94. The van der Waals surface area contributed by atoms with E-state index in [1.54, 1.807) is 0 Å². The molecule has 2 nitrogen and oxygen atoms in total. The molecule has 1 heterocycles. The average molecular weight is 302 g/mol. The maximum absolute atomic E-state index is 6.27. The zero-order chi connectivity index (χ0) is 13.8. The monoisotopic (exact) mass is 301 g/mol. The molecular weight excluding hydrogens is 281 g/mol. The van der Waals surface area contributed by atoms with Gasteiger partial charge in [0.2, 0.25) is 0 Å². The van der Waals surface area contributed by atoms with E-state index in [2.05, 4.69) is 12.2 Å². The molecule has 1 aliphatic rings. The first kappa shape index (κ1) is 15.0. The standard InChI is InChI=1S/C15H21Cl2NO/c1-3-4-12-8-11(5-6-19-12)18-15-9-13(16)10(2)7-14(15)17/h7,9,11-12,18H,3-6,8H2,1-2H3. The van der Waals surface area contributed by atoms with Crippen molar-refractivity contribution in [1.82, 2.24) is 0 Å². The molecule has 19 heavy (non-hydrogen) atoms. The number of halogens is 2. The van der Waals surface area contributed by atoms with Gasteiger partial charge in [-0.2, -0.15) is 0 Å². The van der Waals surface area contributed by atoms with Crippen molar-refractivity contribution in [3.05, 3.63) is 27.7 Å². The van der Waals surface area contributed by atoms with Gasteiger partial charge in [0.25, 0.3) is 0 Å². The topological polar surface area (TPSA) is 21.3 Å². The quantitative estimate of drug-likeness (QED) is 0.839. The second-order valence-electron chi connectivity index (χ2n) is 5.23. The Bertz CT molecular complexity index is 434. The fourth-order valence-electron chi connectivity index (χ4n) is 2.51. The van der Waals surface area contributed by atoms with E-state index >= 15 is 0 Å². The average Bonchev–Trinajstić information content (AvgIpc) is 2.37. The molecule has 1 N–H and O–H groups in total. The third-order valence-corrected chi connectivity index (χ3v) is 4.31. The van der Waals surface area contributed by atoms with Gasteiger partial charge in [0, 0.05) is 17.7 Å². The predicted molar refractivity (Wildman–Crippen MR) is 82.5 cm³/mol. The highest BCUT2D eigenvalue weighted by Crippen LogP contribution is 2.31. The first-order valence-electron chi connectivity index (χ1n) is 6.94. The van der Waals surface area contributed by atoms with Crippen LogP contribution in [0.3, 0.4) is 0 Å². The van der Waals surface area contributed by atoms with Crippen molar-refractivity contribution in [2.75, 3.05) is 11.9 Å². The van der Waals surface area contributed by atoms with Crippen molar-refractivity contribution in [3.63, 3.8) is 0 Å². The van der Waals surface area contributed by atoms with Crippen LogP contribution in [-0.2, 0) is 4.74 Å². The van der Waals surface area contributed by atoms with E-state index in [-0.39, 0.29) is 0 Å². The summed E-state index contributed by atoms with van der Waals surface area (Å²) in [7, 11) is 0. The van der Waals surface area contributed by atoms with E-state index in [0.717, 1.165) is 53.6 Å². The molecule has 1 aliphatic heterocycles. The van der Waals surface area contributed by atoms with Crippen LogP contribution in [-0.4, -0.2) is 18.8 Å². The Morgan fingerprint density at radius 3 is 2.84 bits per heavy atom. The highest BCUT2D eigenvalue weighted by molar-refractivity contribution is 6.35. The number of ether oxygens (including phenoxy) is 1. The summed E-state index contributed by atoms with van der Waals surface area (Å²) in [5.74, 6) is 0. The third-order valence-electron chi connectivity index (χ3n) is 3.59. The Morgan fingerprint density at radius 1 is 1.32 bits per heavy atom. The van der Waals surface area contributed by atoms with E-state index in [1.807, 2.05) is 19.1 Å². The zero-order valence-electron chi connectivity index (χ0n) is 11.5. The van der Waals surface area contributed by atoms with Crippen LogP contribution in [0.25, 0.3) is 0 Å². The van der Waals surface area contributed by atoms with Crippen LogP contribution in [0.15, 0.2) is 12.1 Å². The van der Waals surface area contributed by atoms with Gasteiger partial charge < -0.3 is 10.1 Å². The molecule has 0 spiro atoms. The van der Waals surface area contributed by atoms with Crippen molar-refractivity contribution in [2.24, 2.45) is 0 Å². The zero-order valence-corrected chi connectivity index (χ0v) is 13.0. The van der Waals surface area contributed by atoms with Gasteiger partial charge in [0.15, 0.2) is 0 Å². The number of hydrogen-bond donors (Lipinski definition) is 1. The molecule has 4 heteroatoms. The Labute approximate surface area is 125 Å². The summed E-state index contributed by atoms with van der Waals surface area (Å²) >= 11 is 12.4. The minimum absolute atomic E-state index is 0.371. The second kappa shape index (κ2) is 6.83. The number of hydrogen-bond acceptors (Lipinski definition) is 2. The summed E-state index contributed by atoms with van der Waals surface area (Å²) in [6.07, 6.45) is 4.71. The summed E-state index contributed by atoms with van der Waals surface area (Å²) in [4.78, 5) is 0. The molecule has 2 unspecified atom stereocenters. The maximum atomic E-state index is 6.27. The van der Waals surface area contributed by atoms with Gasteiger partial charge in [-0.05, 0) is 43.9 Å². The molecule has 0 saturated carbocycles. The number of anilines is 1. The minimum Gasteiger partial charge on any atom is -0.381 e. The minimum atomic E-state index is 0.371. The van der Waals surface area contributed by atoms with Gasteiger partial charge in [0.1, 0.15) is 0 Å². The lowest BCUT2D eigenvalue weighted by molar-refractivity contribution is 0.00598. The first-order valence-corrected chi connectivity index (χ1v) is 7.69. The first-order chi connectivity index (χ1) is 9.10. The van der Waals surface area contributed by atoms with E-state index < -0.39 is 0 Å². The molecule has 2 rings (SSSR count). The van der Waals surface area contributed by atoms with E-state index in [4.69, 9.17) is 27.9 Å². The Balaban J connectivity index is 2.02. The summed E-state index contributed by atoms with van der Waals surface area (Å²) < 4.78 is 5.76. The number of benzene rings is 1. The van der Waals surface area contributed by atoms with Crippen LogP contribution < -0.4 is 5.32 Å². The normalized spacial score (nSPS) is 23.4. The Morgan fingerprint density at radius 2 is 2.11 bits per heavy atom. The lowest BCUT2D eigenvalue weighted by Crippen LogP contribution is -2.34. The fourth-order valence-corrected chi connectivity index (χ4v) is 2.95. The fraction of sp³-hybridized carbons (Fsp3) is 0.600. The number of nitrogens with one attached hydrogen (secondary N) is 1. The molecule has 106 valence electrons. The Kier molecular flexibility index (Phi) is 5.37. The molecule has 0 aromatic heterocycles. The number of aryl methyl sites for hydroxylation is 1. The molecule has 2 atom stereocenters. The third kappa shape index (κ3) is 4.01. The van der Waals surface area contributed by atoms with Crippen LogP contribution in [0.1, 0.15) is 38.2 Å². The highest BCUT2D eigenvalue weighted by Gasteiger charge is 2.22. The molecule has 1 fully saturated rings. The lowest BCUT2D eigenvalue weighted by Gasteiger charge is -2.31. The van der Waals surface area contributed by atoms with Crippen LogP contribution in [0.4, 0.5) is 5.69 Å². The number of rotatable bonds is 4. The summed E-state index contributed by atoms with van der Waals surface area (Å²) in [5, 5.41) is 5.00. The summed E-state index contributed by atoms with van der Waals surface area (Å²) in [6, 6.07) is 4.25. The SMILES string of the molecule is CCCC1CC(Nc2cc(Cl)c(C)cc2Cl)CCO1. The Hall–Kier alpha value is -0.440. The van der Waals surface area contributed by atoms with Crippen LogP contribution in [0, 0.1) is 6.92 Å². The molecule has 0 bridgehead atoms. The molecule has 1 aromatic carbocycles. The second-order valence-corrected chi connectivity index (χ2v) is 6.04. The van der Waals surface area contributed by atoms with Crippen molar-refractivity contribution >= 4 is 28.9 Å². The van der Waals surface area contributed by atoms with E-state index in [1.165, 1.54) is 0 Å². The largest absolute Gasteiger partial charge is 0.381 e. The highest BCUT2D eigenvalue weighted by atomic mass is 35.5. The van der Waals surface area contributed by atoms with E-state index in [9.17, 15) is 0 Å². The van der Waals surface area contributed by atoms with E-state index in [0.29, 0.717) is 12.1 Å². The van der Waals surface area contributed by atoms with Crippen molar-refractivity contribution in [2.45, 2.75) is 51.7 Å². The van der Waals surface area contributed by atoms with Crippen molar-refractivity contribution in [1.29, 1.82) is 0 Å². The van der Waals surface area contributed by atoms with Crippen molar-refractivity contribution in [3.8, 4) is 0 Å². The van der Waals surface area contributed by atoms with Gasteiger partial charge in [-0.25, -0.2) is 0 Å². The molecule has 0 amide bonds. The lowest BCUT2D eigenvalue weighted by atomic mass is 10.00. The molecule has 1 saturated heterocycles. The maximum Gasteiger partial charge on any atom is 0.0641 e. The molecule has 1 aromatic rings. The van der Waals surface area contributed by atoms with Crippen LogP contribution >= 0.6 is 23.2 Å². The molecular formula is C15H21Cl2NO. The van der Waals surface area contributed by atoms with Crippen LogP contribution in [0.2, 0.25) is 10.0 Å². The predicted octanol–water partition coefficient (Wildman–Crippen LogP) is 5.06. The molecule has 0 aliphatic carbocycles. The van der Waals surface area contributed by atoms with Crippen LogP contribution in [0.5, 0.6) is 0 Å². The molecule has 0 radical (unpaired) electrons. The van der Waals surface area contributed by atoms with Gasteiger partial charge in [-0.3, -0.25) is 0 Å².